The average Bonchev–Trinajstić information content (AvgIpc) is 3.03. The molecular formula is C30H24F17NO3. The van der Waals surface area contributed by atoms with Gasteiger partial charge in [-0.1, -0.05) is 37.1 Å². The Kier molecular flexibility index (Phi) is 13.0. The number of unbranched alkanes of at least 4 members (excludes halogenated alkanes) is 3. The second kappa shape index (κ2) is 15.3. The van der Waals surface area contributed by atoms with Crippen LogP contribution in [0.15, 0.2) is 48.5 Å². The molecule has 4 nitrogen and oxygen atoms in total. The zero-order chi connectivity index (χ0) is 39.3. The fourth-order valence-corrected chi connectivity index (χ4v) is 4.11. The van der Waals surface area contributed by atoms with Crippen molar-refractivity contribution in [3.8, 4) is 22.9 Å². The number of nitrogens with zero attached hydrogens (tertiary/aromatic N) is 1. The van der Waals surface area contributed by atoms with Gasteiger partial charge in [-0.3, -0.25) is 4.79 Å². The molecule has 0 aliphatic carbocycles. The molecule has 2 rings (SSSR count). The van der Waals surface area contributed by atoms with Crippen molar-refractivity contribution >= 4 is 5.97 Å². The van der Waals surface area contributed by atoms with Crippen LogP contribution in [0.5, 0.6) is 5.75 Å². The van der Waals surface area contributed by atoms with E-state index in [0.717, 1.165) is 11.1 Å². The molecule has 0 aliphatic rings. The summed E-state index contributed by atoms with van der Waals surface area (Å²) in [7, 11) is 0. The number of carbonyl (C=O) groups is 1. The molecule has 21 heteroatoms. The number of esters is 1. The van der Waals surface area contributed by atoms with Crippen molar-refractivity contribution in [2.75, 3.05) is 13.2 Å². The third-order valence-electron chi connectivity index (χ3n) is 7.21. The van der Waals surface area contributed by atoms with Gasteiger partial charge in [-0.05, 0) is 48.2 Å². The number of ether oxygens (including phenoxy) is 2. The number of hydrogen-bond donors (Lipinski definition) is 0. The summed E-state index contributed by atoms with van der Waals surface area (Å²) in [5.41, 5.74) is 2.19. The lowest BCUT2D eigenvalue weighted by atomic mass is 9.88. The van der Waals surface area contributed by atoms with Crippen LogP contribution >= 0.6 is 0 Å². The lowest BCUT2D eigenvalue weighted by Gasteiger charge is -2.42. The molecule has 0 amide bonds. The Morgan fingerprint density at radius 2 is 0.980 bits per heavy atom. The minimum absolute atomic E-state index is 0.0131. The molecule has 0 atom stereocenters. The van der Waals surface area contributed by atoms with E-state index in [2.05, 4.69) is 4.74 Å². The van der Waals surface area contributed by atoms with Gasteiger partial charge >= 0.3 is 53.6 Å². The molecular weight excluding hydrogens is 745 g/mol. The molecule has 0 radical (unpaired) electrons. The predicted octanol–water partition coefficient (Wildman–Crippen LogP) is 10.5. The maximum Gasteiger partial charge on any atom is 0.460 e. The fourth-order valence-electron chi connectivity index (χ4n) is 4.11. The van der Waals surface area contributed by atoms with Gasteiger partial charge in [0, 0.05) is 6.42 Å². The van der Waals surface area contributed by atoms with Gasteiger partial charge in [0.1, 0.15) is 5.75 Å². The second-order valence-corrected chi connectivity index (χ2v) is 10.8. The van der Waals surface area contributed by atoms with Gasteiger partial charge in [0.2, 0.25) is 0 Å². The maximum absolute atomic E-state index is 13.9. The Hall–Kier alpha value is -3.99. The number of benzene rings is 2. The lowest BCUT2D eigenvalue weighted by Crippen LogP contribution is -2.74. The smallest absolute Gasteiger partial charge is 0.460 e. The van der Waals surface area contributed by atoms with E-state index in [-0.39, 0.29) is 19.4 Å². The molecule has 2 aromatic rings. The van der Waals surface area contributed by atoms with Crippen LogP contribution in [0.3, 0.4) is 0 Å². The first-order valence-electron chi connectivity index (χ1n) is 14.2. The zero-order valence-electron chi connectivity index (χ0n) is 25.4. The molecule has 0 aliphatic heterocycles. The summed E-state index contributed by atoms with van der Waals surface area (Å²) >= 11 is 0. The van der Waals surface area contributed by atoms with Gasteiger partial charge in [0.25, 0.3) is 0 Å². The number of carbonyl (C=O) groups excluding carboxylic acids is 1. The summed E-state index contributed by atoms with van der Waals surface area (Å²) < 4.78 is 236. The zero-order valence-corrected chi connectivity index (χ0v) is 25.4. The van der Waals surface area contributed by atoms with Crippen LogP contribution in [0, 0.1) is 11.3 Å². The van der Waals surface area contributed by atoms with E-state index >= 15 is 0 Å². The number of alkyl halides is 17. The van der Waals surface area contributed by atoms with E-state index in [1.54, 1.807) is 48.5 Å². The van der Waals surface area contributed by atoms with Crippen LogP contribution in [0.1, 0.15) is 44.1 Å². The van der Waals surface area contributed by atoms with Gasteiger partial charge in [-0.15, -0.1) is 0 Å². The first-order valence-corrected chi connectivity index (χ1v) is 14.2. The minimum Gasteiger partial charge on any atom is -0.494 e. The second-order valence-electron chi connectivity index (χ2n) is 10.8. The van der Waals surface area contributed by atoms with Crippen molar-refractivity contribution in [2.24, 2.45) is 0 Å². The molecule has 0 bridgehead atoms. The number of nitriles is 1. The largest absolute Gasteiger partial charge is 0.494 e. The SMILES string of the molecule is N#Cc1ccc(-c2ccc(OCCCCCCC(=O)OCCC(F)(F)C(F)(F)C(F)(F)C(F)(F)C(F)(F)C(F)(F)C(F)(F)C(F)(F)F)cc2)cc1. The minimum atomic E-state index is -8.69. The molecule has 0 N–H and O–H groups in total. The monoisotopic (exact) mass is 769 g/mol. The molecule has 286 valence electrons. The Labute approximate surface area is 277 Å². The summed E-state index contributed by atoms with van der Waals surface area (Å²) in [6.07, 6.45) is -10.1. The van der Waals surface area contributed by atoms with Crippen molar-refractivity contribution in [2.45, 2.75) is 86.2 Å². The van der Waals surface area contributed by atoms with E-state index in [9.17, 15) is 79.4 Å². The van der Waals surface area contributed by atoms with Crippen LogP contribution < -0.4 is 4.74 Å². The number of hydrogen-bond acceptors (Lipinski definition) is 4. The highest BCUT2D eigenvalue weighted by Crippen LogP contribution is 2.64. The highest BCUT2D eigenvalue weighted by molar-refractivity contribution is 5.69. The summed E-state index contributed by atoms with van der Waals surface area (Å²) in [5.74, 6) is -57.8. The fraction of sp³-hybridized carbons (Fsp3) is 0.533. The first kappa shape index (κ1) is 43.2. The van der Waals surface area contributed by atoms with Gasteiger partial charge in [0.05, 0.1) is 31.3 Å². The Morgan fingerprint density at radius 1 is 0.549 bits per heavy atom. The predicted molar refractivity (Wildman–Crippen MR) is 141 cm³/mol. The number of halogens is 17. The van der Waals surface area contributed by atoms with Crippen molar-refractivity contribution < 1.29 is 88.9 Å². The van der Waals surface area contributed by atoms with Crippen LogP contribution in [-0.2, 0) is 9.53 Å². The van der Waals surface area contributed by atoms with Gasteiger partial charge in [0.15, 0.2) is 0 Å². The molecule has 0 heterocycles. The molecule has 0 spiro atoms. The van der Waals surface area contributed by atoms with Gasteiger partial charge in [-0.2, -0.15) is 79.9 Å². The van der Waals surface area contributed by atoms with E-state index in [4.69, 9.17) is 10.00 Å². The first-order chi connectivity index (χ1) is 23.1. The van der Waals surface area contributed by atoms with Crippen LogP contribution in [0.25, 0.3) is 11.1 Å². The lowest BCUT2D eigenvalue weighted by molar-refractivity contribution is -0.461. The van der Waals surface area contributed by atoms with Crippen molar-refractivity contribution in [3.63, 3.8) is 0 Å². The molecule has 0 fully saturated rings. The van der Waals surface area contributed by atoms with Crippen LogP contribution in [0.2, 0.25) is 0 Å². The van der Waals surface area contributed by atoms with E-state index in [1.165, 1.54) is 0 Å². The van der Waals surface area contributed by atoms with E-state index in [1.807, 2.05) is 6.07 Å². The molecule has 2 aromatic carbocycles. The third kappa shape index (κ3) is 8.56. The third-order valence-corrected chi connectivity index (χ3v) is 7.21. The Bertz CT molecular complexity index is 1500. The van der Waals surface area contributed by atoms with Crippen LogP contribution in [0.4, 0.5) is 74.6 Å². The molecule has 0 aromatic heterocycles. The molecule has 0 saturated carbocycles. The Balaban J connectivity index is 1.84. The standard InChI is InChI=1S/C30H24F17NO3/c31-23(32,24(33,34)25(35,36)26(37,38)27(39,40)28(41,42)29(43,44)30(45,46)47)14-16-51-22(49)5-3-1-2-4-15-50-21-12-10-20(11-13-21)19-8-6-18(17-48)7-9-19/h6-13H,1-5,14-16H2. The number of rotatable bonds is 18. The summed E-state index contributed by atoms with van der Waals surface area (Å²) in [4.78, 5) is 11.7. The van der Waals surface area contributed by atoms with E-state index in [0.29, 0.717) is 24.2 Å². The summed E-state index contributed by atoms with van der Waals surface area (Å²) in [6, 6.07) is 15.7. The van der Waals surface area contributed by atoms with Crippen molar-refractivity contribution in [1.82, 2.24) is 0 Å². The van der Waals surface area contributed by atoms with Crippen molar-refractivity contribution in [3.05, 3.63) is 54.1 Å². The topological polar surface area (TPSA) is 59.3 Å². The molecule has 0 unspecified atom stereocenters. The average molecular weight is 769 g/mol. The Morgan fingerprint density at radius 3 is 1.45 bits per heavy atom. The van der Waals surface area contributed by atoms with Crippen molar-refractivity contribution in [1.29, 1.82) is 5.26 Å². The van der Waals surface area contributed by atoms with E-state index < -0.39 is 73.1 Å². The molecule has 51 heavy (non-hydrogen) atoms. The highest BCUT2D eigenvalue weighted by Gasteiger charge is 2.95. The normalized spacial score (nSPS) is 13.9. The van der Waals surface area contributed by atoms with Gasteiger partial charge in [-0.25, -0.2) is 0 Å². The summed E-state index contributed by atoms with van der Waals surface area (Å²) in [5, 5.41) is 8.86. The highest BCUT2D eigenvalue weighted by atomic mass is 19.4. The summed E-state index contributed by atoms with van der Waals surface area (Å²) in [6.45, 7) is -1.75. The molecule has 0 saturated heterocycles. The van der Waals surface area contributed by atoms with Gasteiger partial charge < -0.3 is 9.47 Å². The van der Waals surface area contributed by atoms with Crippen LogP contribution in [-0.4, -0.2) is 66.8 Å². The quantitative estimate of drug-likeness (QED) is 0.0861. The maximum atomic E-state index is 13.9.